The first kappa shape index (κ1) is 12.2. The summed E-state index contributed by atoms with van der Waals surface area (Å²) in [5, 5.41) is 8.63. The Kier molecular flexibility index (Phi) is 4.64. The summed E-state index contributed by atoms with van der Waals surface area (Å²) in [6, 6.07) is 7.36. The monoisotopic (exact) mass is 238 g/mol. The van der Waals surface area contributed by atoms with Crippen LogP contribution in [0, 0.1) is 0 Å². The number of hydrogen-bond acceptors (Lipinski definition) is 4. The minimum Gasteiger partial charge on any atom is -0.491 e. The van der Waals surface area contributed by atoms with Gasteiger partial charge in [-0.15, -0.1) is 0 Å². The maximum Gasteiger partial charge on any atom is 0.199 e. The van der Waals surface area contributed by atoms with Crippen LogP contribution in [-0.2, 0) is 4.74 Å². The van der Waals surface area contributed by atoms with Crippen LogP contribution in [0.3, 0.4) is 0 Å². The second-order valence-corrected chi connectivity index (χ2v) is 3.96. The quantitative estimate of drug-likeness (QED) is 0.852. The van der Waals surface area contributed by atoms with Crippen LogP contribution in [0.4, 0.5) is 0 Å². The van der Waals surface area contributed by atoms with Crippen molar-refractivity contribution in [3.8, 4) is 11.5 Å². The smallest absolute Gasteiger partial charge is 0.199 e. The Morgan fingerprint density at radius 3 is 2.59 bits per heavy atom. The van der Waals surface area contributed by atoms with E-state index in [1.54, 1.807) is 0 Å². The summed E-state index contributed by atoms with van der Waals surface area (Å²) < 4.78 is 16.4. The molecule has 0 radical (unpaired) electrons. The van der Waals surface area contributed by atoms with Crippen LogP contribution in [0.25, 0.3) is 0 Å². The first-order valence-corrected chi connectivity index (χ1v) is 6.00. The van der Waals surface area contributed by atoms with E-state index in [1.807, 2.05) is 24.3 Å². The third-order valence-electron chi connectivity index (χ3n) is 2.59. The van der Waals surface area contributed by atoms with E-state index in [-0.39, 0.29) is 12.9 Å². The fraction of sp³-hybridized carbons (Fsp3) is 0.538. The number of benzene rings is 1. The van der Waals surface area contributed by atoms with E-state index in [9.17, 15) is 0 Å². The third-order valence-corrected chi connectivity index (χ3v) is 2.59. The summed E-state index contributed by atoms with van der Waals surface area (Å²) >= 11 is 0. The molecule has 0 aromatic heterocycles. The zero-order chi connectivity index (χ0) is 11.9. The number of hydrogen-bond donors (Lipinski definition) is 1. The topological polar surface area (TPSA) is 47.9 Å². The van der Waals surface area contributed by atoms with Gasteiger partial charge in [0.1, 0.15) is 18.1 Å². The van der Waals surface area contributed by atoms with Crippen LogP contribution in [0.1, 0.15) is 19.3 Å². The molecule has 17 heavy (non-hydrogen) atoms. The van der Waals surface area contributed by atoms with E-state index in [4.69, 9.17) is 19.3 Å². The van der Waals surface area contributed by atoms with Crippen molar-refractivity contribution < 1.29 is 19.3 Å². The summed E-state index contributed by atoms with van der Waals surface area (Å²) in [6.45, 7) is 1.11. The molecule has 2 rings (SSSR count). The van der Waals surface area contributed by atoms with E-state index in [2.05, 4.69) is 0 Å². The van der Waals surface area contributed by atoms with Crippen LogP contribution in [0.15, 0.2) is 24.3 Å². The lowest BCUT2D eigenvalue weighted by Gasteiger charge is -2.23. The largest absolute Gasteiger partial charge is 0.491 e. The molecular formula is C13H18O4. The lowest BCUT2D eigenvalue weighted by molar-refractivity contribution is -0.105. The van der Waals surface area contributed by atoms with Gasteiger partial charge in [0.2, 0.25) is 0 Å². The molecule has 1 fully saturated rings. The van der Waals surface area contributed by atoms with Crippen molar-refractivity contribution in [1.29, 1.82) is 0 Å². The van der Waals surface area contributed by atoms with Gasteiger partial charge in [-0.2, -0.15) is 0 Å². The molecule has 0 bridgehead atoms. The van der Waals surface area contributed by atoms with Crippen molar-refractivity contribution in [3.63, 3.8) is 0 Å². The van der Waals surface area contributed by atoms with Gasteiger partial charge in [0.15, 0.2) is 6.29 Å². The Balaban J connectivity index is 1.84. The molecule has 1 unspecified atom stereocenters. The minimum atomic E-state index is -0.118. The molecule has 1 aliphatic rings. The Bertz CT molecular complexity index is 317. The van der Waals surface area contributed by atoms with Crippen molar-refractivity contribution in [2.75, 3.05) is 19.8 Å². The molecule has 1 heterocycles. The number of aliphatic hydroxyl groups excluding tert-OH is 1. The highest BCUT2D eigenvalue weighted by molar-refractivity contribution is 5.31. The molecule has 0 saturated carbocycles. The standard InChI is InChI=1S/C13H18O4/c14-8-10-15-11-4-6-12(7-5-11)17-13-3-1-2-9-16-13/h4-7,13-14H,1-3,8-10H2. The molecule has 1 N–H and O–H groups in total. The summed E-state index contributed by atoms with van der Waals surface area (Å²) in [6.07, 6.45) is 3.10. The van der Waals surface area contributed by atoms with Gasteiger partial charge in [-0.05, 0) is 37.1 Å². The SMILES string of the molecule is OCCOc1ccc(OC2CCCCO2)cc1. The van der Waals surface area contributed by atoms with Crippen LogP contribution in [-0.4, -0.2) is 31.2 Å². The summed E-state index contributed by atoms with van der Waals surface area (Å²) in [7, 11) is 0. The lowest BCUT2D eigenvalue weighted by Crippen LogP contribution is -2.24. The highest BCUT2D eigenvalue weighted by atomic mass is 16.7. The first-order valence-electron chi connectivity index (χ1n) is 6.00. The maximum absolute atomic E-state index is 8.63. The van der Waals surface area contributed by atoms with E-state index in [1.165, 1.54) is 0 Å². The molecule has 4 heteroatoms. The zero-order valence-electron chi connectivity index (χ0n) is 9.80. The van der Waals surface area contributed by atoms with Crippen molar-refractivity contribution in [2.45, 2.75) is 25.6 Å². The van der Waals surface area contributed by atoms with E-state index < -0.39 is 0 Å². The number of ether oxygens (including phenoxy) is 3. The molecule has 0 amide bonds. The average Bonchev–Trinajstić information content (AvgIpc) is 2.39. The number of rotatable bonds is 5. The van der Waals surface area contributed by atoms with E-state index in [0.717, 1.165) is 37.4 Å². The third kappa shape index (κ3) is 3.91. The maximum atomic E-state index is 8.63. The highest BCUT2D eigenvalue weighted by Crippen LogP contribution is 2.21. The molecule has 0 spiro atoms. The molecule has 1 atom stereocenters. The van der Waals surface area contributed by atoms with Crippen molar-refractivity contribution in [3.05, 3.63) is 24.3 Å². The van der Waals surface area contributed by atoms with Crippen LogP contribution in [0.5, 0.6) is 11.5 Å². The second-order valence-electron chi connectivity index (χ2n) is 3.96. The van der Waals surface area contributed by atoms with Crippen molar-refractivity contribution in [1.82, 2.24) is 0 Å². The Morgan fingerprint density at radius 1 is 1.18 bits per heavy atom. The van der Waals surface area contributed by atoms with Gasteiger partial charge in [-0.3, -0.25) is 0 Å². The fourth-order valence-electron chi connectivity index (χ4n) is 1.73. The minimum absolute atomic E-state index is 0.0220. The van der Waals surface area contributed by atoms with Crippen molar-refractivity contribution >= 4 is 0 Å². The van der Waals surface area contributed by atoms with Gasteiger partial charge in [0.05, 0.1) is 13.2 Å². The van der Waals surface area contributed by atoms with Crippen molar-refractivity contribution in [2.24, 2.45) is 0 Å². The van der Waals surface area contributed by atoms with Gasteiger partial charge in [0, 0.05) is 6.42 Å². The van der Waals surface area contributed by atoms with Gasteiger partial charge in [0.25, 0.3) is 0 Å². The molecular weight excluding hydrogens is 220 g/mol. The molecule has 1 saturated heterocycles. The predicted octanol–water partition coefficient (Wildman–Crippen LogP) is 1.96. The fourth-order valence-corrected chi connectivity index (χ4v) is 1.73. The Labute approximate surface area is 101 Å². The van der Waals surface area contributed by atoms with Gasteiger partial charge in [-0.1, -0.05) is 0 Å². The second kappa shape index (κ2) is 6.47. The van der Waals surface area contributed by atoms with E-state index in [0.29, 0.717) is 6.61 Å². The normalized spacial score (nSPS) is 19.9. The lowest BCUT2D eigenvalue weighted by atomic mass is 10.2. The molecule has 1 aliphatic heterocycles. The summed E-state index contributed by atoms with van der Waals surface area (Å²) in [5.41, 5.74) is 0. The predicted molar refractivity (Wildman–Crippen MR) is 63.2 cm³/mol. The van der Waals surface area contributed by atoms with Gasteiger partial charge >= 0.3 is 0 Å². The molecule has 4 nitrogen and oxygen atoms in total. The van der Waals surface area contributed by atoms with Crippen LogP contribution < -0.4 is 9.47 Å². The summed E-state index contributed by atoms with van der Waals surface area (Å²) in [4.78, 5) is 0. The first-order chi connectivity index (χ1) is 8.38. The summed E-state index contributed by atoms with van der Waals surface area (Å²) in [5.74, 6) is 1.52. The van der Waals surface area contributed by atoms with Crippen LogP contribution in [0.2, 0.25) is 0 Å². The zero-order valence-corrected chi connectivity index (χ0v) is 9.80. The molecule has 1 aromatic carbocycles. The average molecular weight is 238 g/mol. The van der Waals surface area contributed by atoms with Gasteiger partial charge < -0.3 is 19.3 Å². The number of aliphatic hydroxyl groups is 1. The molecule has 1 aromatic rings. The van der Waals surface area contributed by atoms with Crippen LogP contribution >= 0.6 is 0 Å². The Morgan fingerprint density at radius 2 is 1.94 bits per heavy atom. The van der Waals surface area contributed by atoms with Gasteiger partial charge in [-0.25, -0.2) is 0 Å². The highest BCUT2D eigenvalue weighted by Gasteiger charge is 2.14. The van der Waals surface area contributed by atoms with E-state index >= 15 is 0 Å². The molecule has 0 aliphatic carbocycles. The molecule has 94 valence electrons. The Hall–Kier alpha value is -1.26.